The fraction of sp³-hybridized carbons (Fsp3) is 0.812. The maximum atomic E-state index is 4.57. The van der Waals surface area contributed by atoms with Crippen LogP contribution in [0.15, 0.2) is 6.07 Å². The smallest absolute Gasteiger partial charge is 0.0596 e. The number of aryl methyl sites for hydroxylation is 2. The van der Waals surface area contributed by atoms with E-state index in [1.807, 2.05) is 0 Å². The number of likely N-dealkylation sites (N-methyl/N-ethyl adjacent to an activating group) is 1. The Labute approximate surface area is 117 Å². The first-order valence-corrected chi connectivity index (χ1v) is 7.79. The molecule has 1 atom stereocenters. The number of nitrogens with one attached hydrogen (secondary N) is 1. The van der Waals surface area contributed by atoms with Crippen LogP contribution in [0.5, 0.6) is 0 Å². The van der Waals surface area contributed by atoms with Crippen LogP contribution >= 0.6 is 0 Å². The van der Waals surface area contributed by atoms with Crippen LogP contribution < -0.4 is 5.32 Å². The lowest BCUT2D eigenvalue weighted by molar-refractivity contribution is 0.147. The van der Waals surface area contributed by atoms with Crippen LogP contribution in [0.4, 0.5) is 0 Å². The Kier molecular flexibility index (Phi) is 4.67. The molecule has 2 rings (SSSR count). The topological polar surface area (TPSA) is 29.9 Å². The van der Waals surface area contributed by atoms with Crippen molar-refractivity contribution in [1.82, 2.24) is 15.1 Å². The number of hydrogen-bond acceptors (Lipinski definition) is 2. The average molecular weight is 263 g/mol. The molecule has 3 heteroatoms. The number of hydrogen-bond donors (Lipinski definition) is 1. The van der Waals surface area contributed by atoms with E-state index < -0.39 is 0 Å². The third-order valence-corrected chi connectivity index (χ3v) is 4.88. The molecule has 0 saturated heterocycles. The molecule has 108 valence electrons. The molecule has 1 heterocycles. The van der Waals surface area contributed by atoms with Gasteiger partial charge in [0.1, 0.15) is 0 Å². The Balaban J connectivity index is 2.13. The SMILES string of the molecule is CCn1nc(C)cc1CC(NC)C1(C)CCCCC1. The van der Waals surface area contributed by atoms with Crippen LogP contribution in [0.2, 0.25) is 0 Å². The molecule has 0 bridgehead atoms. The second-order valence-electron chi connectivity index (χ2n) is 6.35. The van der Waals surface area contributed by atoms with Crippen LogP contribution in [-0.4, -0.2) is 22.9 Å². The third-order valence-electron chi connectivity index (χ3n) is 4.88. The van der Waals surface area contributed by atoms with Crippen molar-refractivity contribution in [2.45, 2.75) is 71.9 Å². The molecule has 0 spiro atoms. The van der Waals surface area contributed by atoms with E-state index in [4.69, 9.17) is 0 Å². The van der Waals surface area contributed by atoms with Gasteiger partial charge in [-0.2, -0.15) is 5.10 Å². The zero-order chi connectivity index (χ0) is 13.9. The third kappa shape index (κ3) is 3.19. The molecule has 0 aliphatic heterocycles. The van der Waals surface area contributed by atoms with Gasteiger partial charge in [-0.3, -0.25) is 4.68 Å². The average Bonchev–Trinajstić information content (AvgIpc) is 2.76. The van der Waals surface area contributed by atoms with Crippen LogP contribution in [0.3, 0.4) is 0 Å². The molecule has 0 amide bonds. The normalized spacial score (nSPS) is 20.4. The van der Waals surface area contributed by atoms with Crippen molar-refractivity contribution in [3.8, 4) is 0 Å². The van der Waals surface area contributed by atoms with Gasteiger partial charge in [0.05, 0.1) is 5.69 Å². The van der Waals surface area contributed by atoms with Gasteiger partial charge in [-0.1, -0.05) is 26.2 Å². The van der Waals surface area contributed by atoms with Gasteiger partial charge < -0.3 is 5.32 Å². The summed E-state index contributed by atoms with van der Waals surface area (Å²) in [5.74, 6) is 0. The molecule has 3 nitrogen and oxygen atoms in total. The quantitative estimate of drug-likeness (QED) is 0.883. The fourth-order valence-electron chi connectivity index (χ4n) is 3.65. The number of aromatic nitrogens is 2. The number of nitrogens with zero attached hydrogens (tertiary/aromatic N) is 2. The van der Waals surface area contributed by atoms with Crippen LogP contribution in [-0.2, 0) is 13.0 Å². The van der Waals surface area contributed by atoms with Crippen molar-refractivity contribution < 1.29 is 0 Å². The first kappa shape index (κ1) is 14.6. The minimum Gasteiger partial charge on any atom is -0.316 e. The number of rotatable bonds is 5. The molecular weight excluding hydrogens is 234 g/mol. The van der Waals surface area contributed by atoms with E-state index in [1.165, 1.54) is 37.8 Å². The maximum absolute atomic E-state index is 4.57. The standard InChI is InChI=1S/C16H29N3/c1-5-19-14(11-13(2)18-19)12-15(17-4)16(3)9-7-6-8-10-16/h11,15,17H,5-10,12H2,1-4H3. The van der Waals surface area contributed by atoms with E-state index in [0.29, 0.717) is 11.5 Å². The molecule has 1 aliphatic carbocycles. The zero-order valence-electron chi connectivity index (χ0n) is 13.0. The second-order valence-corrected chi connectivity index (χ2v) is 6.35. The van der Waals surface area contributed by atoms with E-state index in [-0.39, 0.29) is 0 Å². The predicted octanol–water partition coefficient (Wildman–Crippen LogP) is 3.31. The van der Waals surface area contributed by atoms with Gasteiger partial charge in [-0.25, -0.2) is 0 Å². The van der Waals surface area contributed by atoms with E-state index in [9.17, 15) is 0 Å². The molecule has 1 N–H and O–H groups in total. The lowest BCUT2D eigenvalue weighted by atomic mass is 9.69. The largest absolute Gasteiger partial charge is 0.316 e. The molecule has 1 fully saturated rings. The molecule has 1 aromatic rings. The lowest BCUT2D eigenvalue weighted by Gasteiger charge is -2.41. The monoisotopic (exact) mass is 263 g/mol. The van der Waals surface area contributed by atoms with Crippen molar-refractivity contribution >= 4 is 0 Å². The van der Waals surface area contributed by atoms with Gasteiger partial charge in [0.15, 0.2) is 0 Å². The Bertz CT molecular complexity index is 402. The highest BCUT2D eigenvalue weighted by Crippen LogP contribution is 2.39. The van der Waals surface area contributed by atoms with Crippen molar-refractivity contribution in [2.24, 2.45) is 5.41 Å². The van der Waals surface area contributed by atoms with Crippen LogP contribution in [0.1, 0.15) is 57.3 Å². The zero-order valence-corrected chi connectivity index (χ0v) is 13.0. The maximum Gasteiger partial charge on any atom is 0.0596 e. The van der Waals surface area contributed by atoms with Gasteiger partial charge in [0, 0.05) is 24.7 Å². The lowest BCUT2D eigenvalue weighted by Crippen LogP contribution is -2.45. The summed E-state index contributed by atoms with van der Waals surface area (Å²) in [4.78, 5) is 0. The van der Waals surface area contributed by atoms with E-state index in [0.717, 1.165) is 18.7 Å². The van der Waals surface area contributed by atoms with Crippen molar-refractivity contribution in [3.63, 3.8) is 0 Å². The molecular formula is C16H29N3. The summed E-state index contributed by atoms with van der Waals surface area (Å²) in [7, 11) is 2.12. The highest BCUT2D eigenvalue weighted by Gasteiger charge is 2.35. The van der Waals surface area contributed by atoms with Gasteiger partial charge in [-0.05, 0) is 45.2 Å². The highest BCUT2D eigenvalue weighted by molar-refractivity contribution is 5.12. The Morgan fingerprint density at radius 2 is 2.05 bits per heavy atom. The Morgan fingerprint density at radius 3 is 2.63 bits per heavy atom. The summed E-state index contributed by atoms with van der Waals surface area (Å²) in [6, 6.07) is 2.81. The Morgan fingerprint density at radius 1 is 1.37 bits per heavy atom. The molecule has 1 aliphatic rings. The molecule has 0 aromatic carbocycles. The van der Waals surface area contributed by atoms with E-state index in [2.05, 4.69) is 49.0 Å². The molecule has 1 unspecified atom stereocenters. The summed E-state index contributed by atoms with van der Waals surface area (Å²) < 4.78 is 2.16. The summed E-state index contributed by atoms with van der Waals surface area (Å²) >= 11 is 0. The van der Waals surface area contributed by atoms with Gasteiger partial charge in [0.25, 0.3) is 0 Å². The fourth-order valence-corrected chi connectivity index (χ4v) is 3.65. The molecule has 1 aromatic heterocycles. The van der Waals surface area contributed by atoms with Gasteiger partial charge >= 0.3 is 0 Å². The molecule has 1 saturated carbocycles. The second kappa shape index (κ2) is 6.08. The van der Waals surface area contributed by atoms with E-state index >= 15 is 0 Å². The molecule has 0 radical (unpaired) electrons. The molecule has 19 heavy (non-hydrogen) atoms. The van der Waals surface area contributed by atoms with Crippen molar-refractivity contribution in [2.75, 3.05) is 7.05 Å². The van der Waals surface area contributed by atoms with Gasteiger partial charge in [-0.15, -0.1) is 0 Å². The Hall–Kier alpha value is -0.830. The first-order valence-electron chi connectivity index (χ1n) is 7.79. The summed E-state index contributed by atoms with van der Waals surface area (Å²) in [6.07, 6.45) is 8.01. The van der Waals surface area contributed by atoms with Gasteiger partial charge in [0.2, 0.25) is 0 Å². The van der Waals surface area contributed by atoms with E-state index in [1.54, 1.807) is 0 Å². The van der Waals surface area contributed by atoms with Crippen molar-refractivity contribution in [3.05, 3.63) is 17.5 Å². The summed E-state index contributed by atoms with van der Waals surface area (Å²) in [5.41, 5.74) is 2.97. The predicted molar refractivity (Wildman–Crippen MR) is 80.4 cm³/mol. The highest BCUT2D eigenvalue weighted by atomic mass is 15.3. The minimum atomic E-state index is 0.448. The van der Waals surface area contributed by atoms with Crippen LogP contribution in [0.25, 0.3) is 0 Å². The first-order chi connectivity index (χ1) is 9.09. The minimum absolute atomic E-state index is 0.448. The van der Waals surface area contributed by atoms with Crippen molar-refractivity contribution in [1.29, 1.82) is 0 Å². The summed E-state index contributed by atoms with van der Waals surface area (Å²) in [6.45, 7) is 7.70. The summed E-state index contributed by atoms with van der Waals surface area (Å²) in [5, 5.41) is 8.15. The van der Waals surface area contributed by atoms with Crippen LogP contribution in [0, 0.1) is 12.3 Å².